The summed E-state index contributed by atoms with van der Waals surface area (Å²) in [5.74, 6) is 1.59. The molecule has 0 saturated carbocycles. The molecule has 1 aromatic rings. The largest absolute Gasteiger partial charge is 0.487 e. The predicted octanol–water partition coefficient (Wildman–Crippen LogP) is 1.77. The smallest absolute Gasteiger partial charge is 0.172 e. The predicted molar refractivity (Wildman–Crippen MR) is 65.9 cm³/mol. The Morgan fingerprint density at radius 1 is 1.53 bits per heavy atom. The number of halogens is 1. The van der Waals surface area contributed by atoms with Gasteiger partial charge in [0, 0.05) is 18.3 Å². The van der Waals surface area contributed by atoms with Gasteiger partial charge >= 0.3 is 0 Å². The van der Waals surface area contributed by atoms with E-state index in [1.807, 2.05) is 6.92 Å². The monoisotopic (exact) mass is 254 g/mol. The number of nitrogens with zero attached hydrogens (tertiary/aromatic N) is 2. The molecule has 5 heteroatoms. The van der Waals surface area contributed by atoms with Crippen LogP contribution in [0, 0.1) is 6.92 Å². The quantitative estimate of drug-likeness (QED) is 0.767. The van der Waals surface area contributed by atoms with Gasteiger partial charge in [-0.3, -0.25) is 0 Å². The number of ether oxygens (including phenoxy) is 1. The fraction of sp³-hybridized carbons (Fsp3) is 0.583. The van der Waals surface area contributed by atoms with E-state index in [4.69, 9.17) is 16.3 Å². The molecular weight excluding hydrogens is 240 g/mol. The summed E-state index contributed by atoms with van der Waals surface area (Å²) in [6.45, 7) is 3.22. The molecule has 1 fully saturated rings. The number of hydrogen-bond donors (Lipinski definition) is 1. The van der Waals surface area contributed by atoms with Crippen LogP contribution in [0.2, 0.25) is 5.02 Å². The average molecular weight is 255 g/mol. The molecule has 1 saturated heterocycles. The second-order valence-electron chi connectivity index (χ2n) is 4.73. The van der Waals surface area contributed by atoms with Gasteiger partial charge in [-0.2, -0.15) is 0 Å². The van der Waals surface area contributed by atoms with Gasteiger partial charge in [-0.15, -0.1) is 0 Å². The van der Waals surface area contributed by atoms with E-state index < -0.39 is 0 Å². The van der Waals surface area contributed by atoms with Gasteiger partial charge in [0.05, 0.1) is 17.2 Å². The number of fused-ring (bicyclic) bond motifs is 3. The first kappa shape index (κ1) is 11.1. The number of aromatic nitrogens is 1. The van der Waals surface area contributed by atoms with Crippen molar-refractivity contribution in [2.24, 2.45) is 0 Å². The van der Waals surface area contributed by atoms with Crippen LogP contribution in [0.15, 0.2) is 6.20 Å². The van der Waals surface area contributed by atoms with Gasteiger partial charge < -0.3 is 14.7 Å². The Balaban J connectivity index is 2.03. The second-order valence-corrected chi connectivity index (χ2v) is 5.14. The van der Waals surface area contributed by atoms with Crippen molar-refractivity contribution in [1.29, 1.82) is 0 Å². The lowest BCUT2D eigenvalue weighted by atomic mass is 9.99. The molecule has 2 aliphatic rings. The number of piperidine rings is 1. The van der Waals surface area contributed by atoms with E-state index in [2.05, 4.69) is 9.88 Å². The van der Waals surface area contributed by atoms with Crippen molar-refractivity contribution in [3.05, 3.63) is 16.8 Å². The van der Waals surface area contributed by atoms with Gasteiger partial charge in [0.15, 0.2) is 11.6 Å². The minimum Gasteiger partial charge on any atom is -0.487 e. The van der Waals surface area contributed by atoms with Crippen LogP contribution in [-0.4, -0.2) is 35.4 Å². The number of hydrogen-bond acceptors (Lipinski definition) is 4. The molecule has 0 aromatic carbocycles. The number of pyridine rings is 1. The highest BCUT2D eigenvalue weighted by atomic mass is 35.5. The first-order chi connectivity index (χ1) is 8.16. The Morgan fingerprint density at radius 2 is 2.35 bits per heavy atom. The molecule has 0 spiro atoms. The molecule has 17 heavy (non-hydrogen) atoms. The van der Waals surface area contributed by atoms with Crippen molar-refractivity contribution >= 4 is 17.4 Å². The molecule has 0 aliphatic carbocycles. The Hall–Kier alpha value is -1.00. The van der Waals surface area contributed by atoms with Crippen LogP contribution >= 0.6 is 11.6 Å². The summed E-state index contributed by atoms with van der Waals surface area (Å²) in [4.78, 5) is 6.51. The zero-order chi connectivity index (χ0) is 12.0. The van der Waals surface area contributed by atoms with Gasteiger partial charge in [-0.25, -0.2) is 4.98 Å². The summed E-state index contributed by atoms with van der Waals surface area (Å²) >= 11 is 6.04. The Labute approximate surface area is 105 Å². The summed E-state index contributed by atoms with van der Waals surface area (Å²) in [6.07, 6.45) is 3.17. The Kier molecular flexibility index (Phi) is 2.64. The van der Waals surface area contributed by atoms with Crippen LogP contribution in [-0.2, 0) is 0 Å². The van der Waals surface area contributed by atoms with E-state index >= 15 is 0 Å². The molecule has 92 valence electrons. The molecule has 1 N–H and O–H groups in total. The van der Waals surface area contributed by atoms with Crippen LogP contribution in [0.5, 0.6) is 5.75 Å². The highest BCUT2D eigenvalue weighted by Gasteiger charge is 2.34. The van der Waals surface area contributed by atoms with Gasteiger partial charge in [-0.1, -0.05) is 11.6 Å². The molecule has 3 heterocycles. The van der Waals surface area contributed by atoms with Crippen molar-refractivity contribution < 1.29 is 9.84 Å². The molecule has 4 nitrogen and oxygen atoms in total. The Morgan fingerprint density at radius 3 is 3.18 bits per heavy atom. The highest BCUT2D eigenvalue weighted by molar-refractivity contribution is 6.31. The van der Waals surface area contributed by atoms with Gasteiger partial charge in [0.2, 0.25) is 0 Å². The average Bonchev–Trinajstić information content (AvgIpc) is 2.33. The lowest BCUT2D eigenvalue weighted by Gasteiger charge is -2.42. The van der Waals surface area contributed by atoms with Gasteiger partial charge in [-0.05, 0) is 19.8 Å². The Bertz CT molecular complexity index is 452. The van der Waals surface area contributed by atoms with Crippen LogP contribution in [0.3, 0.4) is 0 Å². The van der Waals surface area contributed by atoms with Gasteiger partial charge in [0.25, 0.3) is 0 Å². The fourth-order valence-corrected chi connectivity index (χ4v) is 2.68. The standard InChI is InChI=1S/C12H15ClN2O2/c1-7-10(13)4-14-12-11(7)17-6-8-2-3-9(16)5-15(8)12/h4,8-9,16H,2-3,5-6H2,1H3. The normalized spacial score (nSPS) is 27.1. The van der Waals surface area contributed by atoms with E-state index in [1.165, 1.54) is 0 Å². The topological polar surface area (TPSA) is 45.6 Å². The summed E-state index contributed by atoms with van der Waals surface area (Å²) in [5.41, 5.74) is 0.926. The van der Waals surface area contributed by atoms with Crippen molar-refractivity contribution in [3.8, 4) is 5.75 Å². The molecule has 3 rings (SSSR count). The molecule has 2 atom stereocenters. The minimum absolute atomic E-state index is 0.269. The zero-order valence-corrected chi connectivity index (χ0v) is 10.4. The lowest BCUT2D eigenvalue weighted by Crippen LogP contribution is -2.51. The maximum absolute atomic E-state index is 9.76. The first-order valence-corrected chi connectivity index (χ1v) is 6.27. The summed E-state index contributed by atoms with van der Waals surface area (Å²) in [6, 6.07) is 0.332. The van der Waals surface area contributed by atoms with Crippen LogP contribution in [0.1, 0.15) is 18.4 Å². The maximum atomic E-state index is 9.76. The molecule has 0 radical (unpaired) electrons. The number of anilines is 1. The molecular formula is C12H15ClN2O2. The van der Waals surface area contributed by atoms with Crippen LogP contribution in [0.4, 0.5) is 5.82 Å². The van der Waals surface area contributed by atoms with Crippen LogP contribution in [0.25, 0.3) is 0 Å². The summed E-state index contributed by atoms with van der Waals surface area (Å²) in [5, 5.41) is 10.4. The van der Waals surface area contributed by atoms with E-state index in [-0.39, 0.29) is 6.10 Å². The molecule has 1 aromatic heterocycles. The van der Waals surface area contributed by atoms with Crippen molar-refractivity contribution in [2.45, 2.75) is 31.9 Å². The van der Waals surface area contributed by atoms with E-state index in [9.17, 15) is 5.11 Å². The van der Waals surface area contributed by atoms with Gasteiger partial charge in [0.1, 0.15) is 6.61 Å². The SMILES string of the molecule is Cc1c(Cl)cnc2c1OCC1CCC(O)CN21. The van der Waals surface area contributed by atoms with E-state index in [0.717, 1.165) is 30.0 Å². The summed E-state index contributed by atoms with van der Waals surface area (Å²) < 4.78 is 5.77. The second kappa shape index (κ2) is 4.03. The first-order valence-electron chi connectivity index (χ1n) is 5.89. The molecule has 2 aliphatic heterocycles. The zero-order valence-electron chi connectivity index (χ0n) is 9.69. The van der Waals surface area contributed by atoms with Crippen LogP contribution < -0.4 is 9.64 Å². The third-order valence-corrected chi connectivity index (χ3v) is 3.96. The van der Waals surface area contributed by atoms with Crippen molar-refractivity contribution in [2.75, 3.05) is 18.1 Å². The minimum atomic E-state index is -0.269. The summed E-state index contributed by atoms with van der Waals surface area (Å²) in [7, 11) is 0. The number of aliphatic hydroxyl groups excluding tert-OH is 1. The molecule has 0 bridgehead atoms. The maximum Gasteiger partial charge on any atom is 0.172 e. The highest BCUT2D eigenvalue weighted by Crippen LogP contribution is 2.39. The van der Waals surface area contributed by atoms with Crippen molar-refractivity contribution in [3.63, 3.8) is 0 Å². The number of aliphatic hydroxyl groups is 1. The number of rotatable bonds is 0. The molecule has 0 amide bonds. The molecule has 2 unspecified atom stereocenters. The third-order valence-electron chi connectivity index (χ3n) is 3.58. The third kappa shape index (κ3) is 1.76. The van der Waals surface area contributed by atoms with Crippen molar-refractivity contribution in [1.82, 2.24) is 4.98 Å². The lowest BCUT2D eigenvalue weighted by molar-refractivity contribution is 0.122. The fourth-order valence-electron chi connectivity index (χ4n) is 2.55. The van der Waals surface area contributed by atoms with E-state index in [1.54, 1.807) is 6.20 Å². The van der Waals surface area contributed by atoms with E-state index in [0.29, 0.717) is 24.2 Å².